The topological polar surface area (TPSA) is 73.3 Å². The maximum atomic E-state index is 12.2. The van der Waals surface area contributed by atoms with Gasteiger partial charge in [0.25, 0.3) is 0 Å². The summed E-state index contributed by atoms with van der Waals surface area (Å²) in [7, 11) is 0. The van der Waals surface area contributed by atoms with Crippen LogP contribution in [0.2, 0.25) is 0 Å². The van der Waals surface area contributed by atoms with E-state index in [-0.39, 0.29) is 11.9 Å². The van der Waals surface area contributed by atoms with Gasteiger partial charge in [-0.05, 0) is 32.8 Å². The lowest BCUT2D eigenvalue weighted by atomic mass is 10.1. The zero-order valence-electron chi connectivity index (χ0n) is 14.3. The van der Waals surface area contributed by atoms with Crippen LogP contribution in [0.1, 0.15) is 31.4 Å². The highest BCUT2D eigenvalue weighted by Crippen LogP contribution is 2.23. The SMILES string of the molecule is CCOc1ncc(NC(=O)CCc2cccc(C)c2)c(OCC)n1. The van der Waals surface area contributed by atoms with Gasteiger partial charge in [-0.3, -0.25) is 4.79 Å². The lowest BCUT2D eigenvalue weighted by molar-refractivity contribution is -0.116. The van der Waals surface area contributed by atoms with Crippen LogP contribution in [-0.2, 0) is 11.2 Å². The van der Waals surface area contributed by atoms with Gasteiger partial charge in [0, 0.05) is 6.42 Å². The fraction of sp³-hybridized carbons (Fsp3) is 0.389. The first-order chi connectivity index (χ1) is 11.6. The molecular formula is C18H23N3O3. The number of aryl methyl sites for hydroxylation is 2. The van der Waals surface area contributed by atoms with Crippen molar-refractivity contribution in [3.63, 3.8) is 0 Å². The second-order valence-corrected chi connectivity index (χ2v) is 5.27. The highest BCUT2D eigenvalue weighted by atomic mass is 16.5. The van der Waals surface area contributed by atoms with Gasteiger partial charge in [0.2, 0.25) is 11.8 Å². The van der Waals surface area contributed by atoms with Gasteiger partial charge in [-0.1, -0.05) is 29.8 Å². The first kappa shape index (κ1) is 17.7. The van der Waals surface area contributed by atoms with E-state index in [1.54, 1.807) is 0 Å². The summed E-state index contributed by atoms with van der Waals surface area (Å²) < 4.78 is 10.7. The summed E-state index contributed by atoms with van der Waals surface area (Å²) in [5, 5.41) is 2.81. The number of hydrogen-bond donors (Lipinski definition) is 1. The minimum Gasteiger partial charge on any atom is -0.476 e. The lowest BCUT2D eigenvalue weighted by Gasteiger charge is -2.11. The van der Waals surface area contributed by atoms with E-state index in [1.807, 2.05) is 39.0 Å². The molecule has 1 heterocycles. The van der Waals surface area contributed by atoms with Gasteiger partial charge in [0.15, 0.2) is 0 Å². The van der Waals surface area contributed by atoms with E-state index >= 15 is 0 Å². The van der Waals surface area contributed by atoms with Crippen LogP contribution in [0.4, 0.5) is 5.69 Å². The fourth-order valence-corrected chi connectivity index (χ4v) is 2.22. The second kappa shape index (κ2) is 8.86. The van der Waals surface area contributed by atoms with Gasteiger partial charge in [-0.2, -0.15) is 4.98 Å². The monoisotopic (exact) mass is 329 g/mol. The Morgan fingerprint density at radius 1 is 1.21 bits per heavy atom. The molecule has 0 aliphatic carbocycles. The number of anilines is 1. The zero-order chi connectivity index (χ0) is 17.4. The van der Waals surface area contributed by atoms with Gasteiger partial charge in [0.1, 0.15) is 5.69 Å². The van der Waals surface area contributed by atoms with E-state index in [0.29, 0.717) is 37.6 Å². The number of carbonyl (C=O) groups is 1. The molecule has 1 amide bonds. The van der Waals surface area contributed by atoms with E-state index in [2.05, 4.69) is 21.4 Å². The van der Waals surface area contributed by atoms with Crippen molar-refractivity contribution in [3.8, 4) is 11.9 Å². The largest absolute Gasteiger partial charge is 0.476 e. The van der Waals surface area contributed by atoms with Crippen molar-refractivity contribution in [2.45, 2.75) is 33.6 Å². The summed E-state index contributed by atoms with van der Waals surface area (Å²) in [5.74, 6) is 0.213. The number of carbonyl (C=O) groups excluding carboxylic acids is 1. The normalized spacial score (nSPS) is 10.3. The average Bonchev–Trinajstić information content (AvgIpc) is 2.56. The Labute approximate surface area is 142 Å². The Bertz CT molecular complexity index is 689. The van der Waals surface area contributed by atoms with Crippen molar-refractivity contribution < 1.29 is 14.3 Å². The van der Waals surface area contributed by atoms with Crippen LogP contribution in [-0.4, -0.2) is 29.1 Å². The summed E-state index contributed by atoms with van der Waals surface area (Å²) in [6.45, 7) is 6.65. The zero-order valence-corrected chi connectivity index (χ0v) is 14.3. The van der Waals surface area contributed by atoms with Gasteiger partial charge < -0.3 is 14.8 Å². The molecule has 2 rings (SSSR count). The predicted molar refractivity (Wildman–Crippen MR) is 92.5 cm³/mol. The molecule has 0 radical (unpaired) electrons. The summed E-state index contributed by atoms with van der Waals surface area (Å²) in [4.78, 5) is 20.4. The molecule has 0 unspecified atom stereocenters. The molecule has 0 saturated carbocycles. The quantitative estimate of drug-likeness (QED) is 0.805. The Morgan fingerprint density at radius 2 is 2.00 bits per heavy atom. The first-order valence-corrected chi connectivity index (χ1v) is 8.10. The summed E-state index contributed by atoms with van der Waals surface area (Å²) in [6, 6.07) is 8.37. The van der Waals surface area contributed by atoms with Crippen LogP contribution in [0.5, 0.6) is 11.9 Å². The Morgan fingerprint density at radius 3 is 2.71 bits per heavy atom. The van der Waals surface area contributed by atoms with Crippen molar-refractivity contribution in [2.24, 2.45) is 0 Å². The molecule has 0 aliphatic rings. The van der Waals surface area contributed by atoms with E-state index in [9.17, 15) is 4.79 Å². The van der Waals surface area contributed by atoms with E-state index in [4.69, 9.17) is 9.47 Å². The third-order valence-electron chi connectivity index (χ3n) is 3.28. The molecule has 1 N–H and O–H groups in total. The average molecular weight is 329 g/mol. The minimum atomic E-state index is -0.106. The number of nitrogens with zero attached hydrogens (tertiary/aromatic N) is 2. The van der Waals surface area contributed by atoms with Gasteiger partial charge in [-0.15, -0.1) is 0 Å². The number of benzene rings is 1. The van der Waals surface area contributed by atoms with Crippen LogP contribution in [0.15, 0.2) is 30.5 Å². The molecule has 0 saturated heterocycles. The molecule has 1 aromatic carbocycles. The maximum absolute atomic E-state index is 12.2. The first-order valence-electron chi connectivity index (χ1n) is 8.10. The van der Waals surface area contributed by atoms with Crippen molar-refractivity contribution in [2.75, 3.05) is 18.5 Å². The van der Waals surface area contributed by atoms with Crippen molar-refractivity contribution in [1.29, 1.82) is 0 Å². The number of rotatable bonds is 8. The molecule has 128 valence electrons. The van der Waals surface area contributed by atoms with E-state index in [0.717, 1.165) is 5.56 Å². The van der Waals surface area contributed by atoms with Gasteiger partial charge >= 0.3 is 6.01 Å². The highest BCUT2D eigenvalue weighted by molar-refractivity contribution is 5.91. The second-order valence-electron chi connectivity index (χ2n) is 5.27. The van der Waals surface area contributed by atoms with E-state index < -0.39 is 0 Å². The molecule has 6 nitrogen and oxygen atoms in total. The third kappa shape index (κ3) is 5.22. The number of aromatic nitrogens is 2. The molecule has 0 spiro atoms. The fourth-order valence-electron chi connectivity index (χ4n) is 2.22. The van der Waals surface area contributed by atoms with Crippen molar-refractivity contribution in [3.05, 3.63) is 41.6 Å². The summed E-state index contributed by atoms with van der Waals surface area (Å²) in [6.07, 6.45) is 2.56. The molecule has 6 heteroatoms. The van der Waals surface area contributed by atoms with Crippen molar-refractivity contribution >= 4 is 11.6 Å². The Balaban J connectivity index is 1.99. The van der Waals surface area contributed by atoms with Crippen LogP contribution < -0.4 is 14.8 Å². The third-order valence-corrected chi connectivity index (χ3v) is 3.28. The molecular weight excluding hydrogens is 306 g/mol. The van der Waals surface area contributed by atoms with Crippen LogP contribution in [0, 0.1) is 6.92 Å². The molecule has 2 aromatic rings. The summed E-state index contributed by atoms with van der Waals surface area (Å²) in [5.41, 5.74) is 2.78. The predicted octanol–water partition coefficient (Wildman–Crippen LogP) is 3.15. The number of hydrogen-bond acceptors (Lipinski definition) is 5. The smallest absolute Gasteiger partial charge is 0.319 e. The summed E-state index contributed by atoms with van der Waals surface area (Å²) >= 11 is 0. The van der Waals surface area contributed by atoms with E-state index in [1.165, 1.54) is 11.8 Å². The molecule has 0 atom stereocenters. The molecule has 0 bridgehead atoms. The van der Waals surface area contributed by atoms with Gasteiger partial charge in [0.05, 0.1) is 19.4 Å². The number of ether oxygens (including phenoxy) is 2. The number of nitrogens with one attached hydrogen (secondary N) is 1. The highest BCUT2D eigenvalue weighted by Gasteiger charge is 2.12. The molecule has 0 aliphatic heterocycles. The maximum Gasteiger partial charge on any atom is 0.319 e. The minimum absolute atomic E-state index is 0.106. The molecule has 0 fully saturated rings. The Kier molecular flexibility index (Phi) is 6.54. The molecule has 1 aromatic heterocycles. The standard InChI is InChI=1S/C18H23N3O3/c1-4-23-17-15(12-19-18(21-17)24-5-2)20-16(22)10-9-14-8-6-7-13(3)11-14/h6-8,11-12H,4-5,9-10H2,1-3H3,(H,20,22). The van der Waals surface area contributed by atoms with Crippen LogP contribution in [0.25, 0.3) is 0 Å². The Hall–Kier alpha value is -2.63. The van der Waals surface area contributed by atoms with Crippen LogP contribution >= 0.6 is 0 Å². The molecule has 24 heavy (non-hydrogen) atoms. The van der Waals surface area contributed by atoms with Crippen molar-refractivity contribution in [1.82, 2.24) is 9.97 Å². The van der Waals surface area contributed by atoms with Gasteiger partial charge in [-0.25, -0.2) is 4.98 Å². The number of amides is 1. The lowest BCUT2D eigenvalue weighted by Crippen LogP contribution is -2.14. The van der Waals surface area contributed by atoms with Crippen LogP contribution in [0.3, 0.4) is 0 Å².